The molecule has 20 heavy (non-hydrogen) atoms. The number of aliphatic hydroxyl groups is 1. The fourth-order valence-corrected chi connectivity index (χ4v) is 2.82. The summed E-state index contributed by atoms with van der Waals surface area (Å²) in [6, 6.07) is 2.32. The van der Waals surface area contributed by atoms with Crippen LogP contribution in [0.15, 0.2) is 16.6 Å². The van der Waals surface area contributed by atoms with E-state index in [1.807, 2.05) is 0 Å². The maximum Gasteiger partial charge on any atom is 0.173 e. The minimum Gasteiger partial charge on any atom is -0.388 e. The monoisotopic (exact) mass is 364 g/mol. The molecule has 1 aromatic carbocycles. The van der Waals surface area contributed by atoms with Gasteiger partial charge in [-0.1, -0.05) is 17.7 Å². The van der Waals surface area contributed by atoms with E-state index in [1.165, 1.54) is 6.07 Å². The molecule has 1 unspecified atom stereocenters. The lowest BCUT2D eigenvalue weighted by Gasteiger charge is -2.14. The summed E-state index contributed by atoms with van der Waals surface area (Å²) in [6.45, 7) is 1.76. The molecule has 3 nitrogen and oxygen atoms in total. The molecule has 1 N–H and O–H groups in total. The summed E-state index contributed by atoms with van der Waals surface area (Å²) in [5, 5.41) is 14.8. The molecule has 0 saturated carbocycles. The highest BCUT2D eigenvalue weighted by Gasteiger charge is 2.21. The van der Waals surface area contributed by atoms with Crippen LogP contribution in [0, 0.1) is 18.6 Å². The Bertz CT molecular complexity index is 660. The number of aryl methyl sites for hydroxylation is 2. The van der Waals surface area contributed by atoms with Gasteiger partial charge in [0, 0.05) is 13.5 Å². The molecule has 1 atom stereocenters. The minimum absolute atomic E-state index is 0.0833. The topological polar surface area (TPSA) is 38.0 Å². The molecular formula is C13H12BrClF2N2O. The van der Waals surface area contributed by atoms with E-state index in [4.69, 9.17) is 11.6 Å². The van der Waals surface area contributed by atoms with Gasteiger partial charge in [-0.2, -0.15) is 5.10 Å². The van der Waals surface area contributed by atoms with Crippen LogP contribution in [0.4, 0.5) is 8.78 Å². The Morgan fingerprint density at radius 1 is 1.45 bits per heavy atom. The second-order valence-corrected chi connectivity index (χ2v) is 5.63. The van der Waals surface area contributed by atoms with E-state index in [0.717, 1.165) is 6.07 Å². The maximum atomic E-state index is 13.5. The quantitative estimate of drug-likeness (QED) is 0.842. The zero-order valence-corrected chi connectivity index (χ0v) is 13.1. The summed E-state index contributed by atoms with van der Waals surface area (Å²) in [5.74, 6) is -1.99. The van der Waals surface area contributed by atoms with Crippen molar-refractivity contribution in [1.29, 1.82) is 0 Å². The molecule has 0 aliphatic heterocycles. The fourth-order valence-electron chi connectivity index (χ4n) is 1.99. The second kappa shape index (κ2) is 5.79. The van der Waals surface area contributed by atoms with Gasteiger partial charge in [-0.15, -0.1) is 0 Å². The fraction of sp³-hybridized carbons (Fsp3) is 0.308. The van der Waals surface area contributed by atoms with Crippen molar-refractivity contribution < 1.29 is 13.9 Å². The number of aliphatic hydroxyl groups excluding tert-OH is 1. The SMILES string of the molecule is Cc1nn(C)c(CC(O)c2ccc(F)c(F)c2Br)c1Cl. The highest BCUT2D eigenvalue weighted by atomic mass is 79.9. The van der Waals surface area contributed by atoms with Gasteiger partial charge in [0.15, 0.2) is 11.6 Å². The first-order valence-electron chi connectivity index (χ1n) is 5.82. The standard InChI is InChI=1S/C13H12BrClF2N2O/c1-6-12(15)9(19(2)18-6)5-10(20)7-3-4-8(16)13(17)11(7)14/h3-4,10,20H,5H2,1-2H3. The minimum atomic E-state index is -1.02. The normalized spacial score (nSPS) is 12.8. The molecule has 0 aliphatic rings. The van der Waals surface area contributed by atoms with Gasteiger partial charge in [0.05, 0.1) is 27.0 Å². The lowest BCUT2D eigenvalue weighted by atomic mass is 10.0. The van der Waals surface area contributed by atoms with Crippen molar-refractivity contribution in [2.45, 2.75) is 19.4 Å². The Balaban J connectivity index is 2.33. The van der Waals surface area contributed by atoms with Crippen LogP contribution in [-0.2, 0) is 13.5 Å². The molecule has 108 valence electrons. The molecule has 0 fully saturated rings. The summed E-state index contributed by atoms with van der Waals surface area (Å²) in [7, 11) is 1.71. The van der Waals surface area contributed by atoms with Crippen LogP contribution >= 0.6 is 27.5 Å². The van der Waals surface area contributed by atoms with Crippen LogP contribution in [0.5, 0.6) is 0 Å². The van der Waals surface area contributed by atoms with Crippen molar-refractivity contribution in [1.82, 2.24) is 9.78 Å². The van der Waals surface area contributed by atoms with Crippen LogP contribution in [-0.4, -0.2) is 14.9 Å². The molecule has 0 bridgehead atoms. The average molecular weight is 366 g/mol. The molecule has 7 heteroatoms. The van der Waals surface area contributed by atoms with Gasteiger partial charge in [0.1, 0.15) is 0 Å². The molecule has 0 aliphatic carbocycles. The van der Waals surface area contributed by atoms with Crippen molar-refractivity contribution in [3.05, 3.63) is 50.2 Å². The van der Waals surface area contributed by atoms with Crippen LogP contribution in [0.3, 0.4) is 0 Å². The number of halogens is 4. The molecule has 1 heterocycles. The predicted octanol–water partition coefficient (Wildman–Crippen LogP) is 3.70. The van der Waals surface area contributed by atoms with Gasteiger partial charge in [-0.25, -0.2) is 8.78 Å². The van der Waals surface area contributed by atoms with E-state index in [2.05, 4.69) is 21.0 Å². The van der Waals surface area contributed by atoms with Gasteiger partial charge in [-0.05, 0) is 34.5 Å². The first-order valence-corrected chi connectivity index (χ1v) is 6.99. The average Bonchev–Trinajstić information content (AvgIpc) is 2.62. The zero-order chi connectivity index (χ0) is 15.0. The highest BCUT2D eigenvalue weighted by molar-refractivity contribution is 9.10. The van der Waals surface area contributed by atoms with E-state index in [0.29, 0.717) is 16.4 Å². The molecular weight excluding hydrogens is 354 g/mol. The summed E-state index contributed by atoms with van der Waals surface area (Å²) < 4.78 is 28.0. The molecule has 1 aromatic heterocycles. The number of hydrogen-bond donors (Lipinski definition) is 1. The van der Waals surface area contributed by atoms with Crippen LogP contribution in [0.2, 0.25) is 5.02 Å². The Labute approximate surface area is 128 Å². The first-order chi connectivity index (χ1) is 9.32. The van der Waals surface area contributed by atoms with E-state index < -0.39 is 17.7 Å². The van der Waals surface area contributed by atoms with Crippen LogP contribution in [0.25, 0.3) is 0 Å². The van der Waals surface area contributed by atoms with Crippen molar-refractivity contribution in [2.24, 2.45) is 7.05 Å². The summed E-state index contributed by atoms with van der Waals surface area (Å²) >= 11 is 9.06. The van der Waals surface area contributed by atoms with Crippen molar-refractivity contribution in [2.75, 3.05) is 0 Å². The summed E-state index contributed by atoms with van der Waals surface area (Å²) in [4.78, 5) is 0. The lowest BCUT2D eigenvalue weighted by molar-refractivity contribution is 0.174. The maximum absolute atomic E-state index is 13.5. The van der Waals surface area contributed by atoms with Crippen molar-refractivity contribution in [3.8, 4) is 0 Å². The van der Waals surface area contributed by atoms with Gasteiger partial charge >= 0.3 is 0 Å². The predicted molar refractivity (Wildman–Crippen MR) is 75.7 cm³/mol. The molecule has 0 spiro atoms. The van der Waals surface area contributed by atoms with Crippen molar-refractivity contribution >= 4 is 27.5 Å². The molecule has 2 rings (SSSR count). The highest BCUT2D eigenvalue weighted by Crippen LogP contribution is 2.31. The third-order valence-corrected chi connectivity index (χ3v) is 4.37. The number of benzene rings is 1. The Kier molecular flexibility index (Phi) is 4.46. The van der Waals surface area contributed by atoms with Crippen LogP contribution < -0.4 is 0 Å². The third-order valence-electron chi connectivity index (χ3n) is 3.07. The Morgan fingerprint density at radius 3 is 2.65 bits per heavy atom. The summed E-state index contributed by atoms with van der Waals surface area (Å²) in [5.41, 5.74) is 1.55. The number of hydrogen-bond acceptors (Lipinski definition) is 2. The van der Waals surface area contributed by atoms with Gasteiger partial charge in [0.2, 0.25) is 0 Å². The number of aromatic nitrogens is 2. The molecule has 0 saturated heterocycles. The number of rotatable bonds is 3. The van der Waals surface area contributed by atoms with E-state index in [1.54, 1.807) is 18.7 Å². The Hall–Kier alpha value is -0.980. The first kappa shape index (κ1) is 15.4. The molecule has 0 radical (unpaired) electrons. The third kappa shape index (κ3) is 2.73. The summed E-state index contributed by atoms with van der Waals surface area (Å²) in [6.07, 6.45) is -0.869. The van der Waals surface area contributed by atoms with E-state index in [9.17, 15) is 13.9 Å². The van der Waals surface area contributed by atoms with Crippen molar-refractivity contribution in [3.63, 3.8) is 0 Å². The number of nitrogens with zero attached hydrogens (tertiary/aromatic N) is 2. The lowest BCUT2D eigenvalue weighted by Crippen LogP contribution is -2.08. The largest absolute Gasteiger partial charge is 0.388 e. The molecule has 2 aromatic rings. The molecule has 0 amide bonds. The van der Waals surface area contributed by atoms with Gasteiger partial charge < -0.3 is 5.11 Å². The smallest absolute Gasteiger partial charge is 0.173 e. The zero-order valence-electron chi connectivity index (χ0n) is 10.8. The Morgan fingerprint density at radius 2 is 2.10 bits per heavy atom. The van der Waals surface area contributed by atoms with Gasteiger partial charge in [-0.3, -0.25) is 4.68 Å². The van der Waals surface area contributed by atoms with E-state index in [-0.39, 0.29) is 16.5 Å². The van der Waals surface area contributed by atoms with Gasteiger partial charge in [0.25, 0.3) is 0 Å². The second-order valence-electron chi connectivity index (χ2n) is 4.45. The van der Waals surface area contributed by atoms with E-state index >= 15 is 0 Å². The van der Waals surface area contributed by atoms with Crippen LogP contribution in [0.1, 0.15) is 23.1 Å².